The number of likely N-dealkylation sites (tertiary alicyclic amines) is 1. The smallest absolute Gasteiger partial charge is 0.202 e. The third-order valence-electron chi connectivity index (χ3n) is 4.34. The van der Waals surface area contributed by atoms with Crippen LogP contribution >= 0.6 is 0 Å². The number of nitrogens with zero attached hydrogens (tertiary/aromatic N) is 4. The Morgan fingerprint density at radius 2 is 2.00 bits per heavy atom. The number of aromatic nitrogens is 4. The predicted molar refractivity (Wildman–Crippen MR) is 90.0 cm³/mol. The molecule has 0 aliphatic carbocycles. The Balaban J connectivity index is 1.32. The number of H-pyrrole nitrogens is 1. The number of anilines is 1. The molecular weight excluding hydrogens is 288 g/mol. The lowest BCUT2D eigenvalue weighted by Gasteiger charge is -2.32. The molecule has 0 spiro atoms. The first-order valence-corrected chi connectivity index (χ1v) is 8.05. The fourth-order valence-electron chi connectivity index (χ4n) is 3.10. The molecule has 1 fully saturated rings. The Kier molecular flexibility index (Phi) is 3.90. The van der Waals surface area contributed by atoms with Crippen molar-refractivity contribution in [1.82, 2.24) is 24.8 Å². The fourth-order valence-corrected chi connectivity index (χ4v) is 3.10. The van der Waals surface area contributed by atoms with Gasteiger partial charge in [0.2, 0.25) is 5.95 Å². The molecule has 3 aromatic rings. The van der Waals surface area contributed by atoms with Crippen LogP contribution in [-0.4, -0.2) is 44.0 Å². The van der Waals surface area contributed by atoms with Crippen molar-refractivity contribution in [2.45, 2.75) is 25.4 Å². The van der Waals surface area contributed by atoms with Crippen molar-refractivity contribution in [2.24, 2.45) is 0 Å². The zero-order chi connectivity index (χ0) is 15.5. The first-order chi connectivity index (χ1) is 11.4. The van der Waals surface area contributed by atoms with Gasteiger partial charge in [-0.15, -0.1) is 0 Å². The van der Waals surface area contributed by atoms with Gasteiger partial charge in [0.1, 0.15) is 11.8 Å². The predicted octanol–water partition coefficient (Wildman–Crippen LogP) is 2.43. The van der Waals surface area contributed by atoms with Crippen LogP contribution in [0.15, 0.2) is 42.9 Å². The van der Waals surface area contributed by atoms with Gasteiger partial charge < -0.3 is 10.3 Å². The molecule has 1 aliphatic heterocycles. The number of rotatable bonds is 4. The topological polar surface area (TPSA) is 69.7 Å². The highest BCUT2D eigenvalue weighted by molar-refractivity contribution is 5.71. The zero-order valence-electron chi connectivity index (χ0n) is 12.9. The molecule has 6 nitrogen and oxygen atoms in total. The van der Waals surface area contributed by atoms with Crippen LogP contribution in [0, 0.1) is 0 Å². The largest absolute Gasteiger partial charge is 0.353 e. The lowest BCUT2D eigenvalue weighted by atomic mass is 10.0. The first kappa shape index (κ1) is 14.1. The van der Waals surface area contributed by atoms with Gasteiger partial charge in [0.05, 0.1) is 6.20 Å². The third-order valence-corrected chi connectivity index (χ3v) is 4.34. The number of fused-ring (bicyclic) bond motifs is 1. The summed E-state index contributed by atoms with van der Waals surface area (Å²) in [4.78, 5) is 18.4. The van der Waals surface area contributed by atoms with Crippen molar-refractivity contribution in [1.29, 1.82) is 0 Å². The molecule has 1 aliphatic rings. The van der Waals surface area contributed by atoms with Crippen molar-refractivity contribution in [3.63, 3.8) is 0 Å². The minimum Gasteiger partial charge on any atom is -0.353 e. The minimum absolute atomic E-state index is 0.454. The normalized spacial score (nSPS) is 16.7. The minimum atomic E-state index is 0.454. The number of benzene rings is 1. The van der Waals surface area contributed by atoms with Crippen molar-refractivity contribution in [3.8, 4) is 0 Å². The van der Waals surface area contributed by atoms with E-state index in [9.17, 15) is 0 Å². The van der Waals surface area contributed by atoms with Crippen LogP contribution in [0.5, 0.6) is 0 Å². The van der Waals surface area contributed by atoms with E-state index in [1.807, 2.05) is 0 Å². The van der Waals surface area contributed by atoms with Crippen LogP contribution in [0.25, 0.3) is 11.2 Å². The van der Waals surface area contributed by atoms with Gasteiger partial charge in [-0.25, -0.2) is 9.97 Å². The maximum absolute atomic E-state index is 4.46. The number of hydrogen-bond acceptors (Lipinski definition) is 5. The Labute approximate surface area is 135 Å². The van der Waals surface area contributed by atoms with E-state index in [0.29, 0.717) is 11.7 Å². The number of imidazole rings is 1. The Morgan fingerprint density at radius 3 is 2.78 bits per heavy atom. The van der Waals surface area contributed by atoms with Crippen LogP contribution in [0.4, 0.5) is 5.95 Å². The van der Waals surface area contributed by atoms with Crippen molar-refractivity contribution in [3.05, 3.63) is 48.4 Å². The van der Waals surface area contributed by atoms with Gasteiger partial charge in [0.25, 0.3) is 0 Å². The summed E-state index contributed by atoms with van der Waals surface area (Å²) in [5.41, 5.74) is 2.97. The summed E-state index contributed by atoms with van der Waals surface area (Å²) >= 11 is 0. The average Bonchev–Trinajstić information content (AvgIpc) is 3.00. The second kappa shape index (κ2) is 6.34. The molecule has 1 aromatic carbocycles. The highest BCUT2D eigenvalue weighted by atomic mass is 15.2. The van der Waals surface area contributed by atoms with Gasteiger partial charge in [-0.05, 0) is 18.4 Å². The second-order valence-corrected chi connectivity index (χ2v) is 6.03. The molecule has 0 amide bonds. The summed E-state index contributed by atoms with van der Waals surface area (Å²) in [7, 11) is 0. The molecule has 0 atom stereocenters. The van der Waals surface area contributed by atoms with E-state index in [1.165, 1.54) is 11.9 Å². The van der Waals surface area contributed by atoms with Crippen LogP contribution in [0.2, 0.25) is 0 Å². The number of piperidine rings is 1. The molecule has 0 unspecified atom stereocenters. The van der Waals surface area contributed by atoms with Gasteiger partial charge in [-0.1, -0.05) is 30.3 Å². The summed E-state index contributed by atoms with van der Waals surface area (Å²) in [5.74, 6) is 0.794. The summed E-state index contributed by atoms with van der Waals surface area (Å²) in [6.07, 6.45) is 5.52. The molecule has 1 saturated heterocycles. The van der Waals surface area contributed by atoms with E-state index in [0.717, 1.165) is 43.9 Å². The van der Waals surface area contributed by atoms with E-state index in [-0.39, 0.29) is 0 Å². The van der Waals surface area contributed by atoms with Crippen molar-refractivity contribution in [2.75, 3.05) is 18.4 Å². The maximum Gasteiger partial charge on any atom is 0.202 e. The molecule has 2 aromatic heterocycles. The van der Waals surface area contributed by atoms with E-state index >= 15 is 0 Å². The molecule has 4 rings (SSSR count). The van der Waals surface area contributed by atoms with E-state index in [4.69, 9.17) is 0 Å². The molecule has 2 N–H and O–H groups in total. The lowest BCUT2D eigenvalue weighted by molar-refractivity contribution is 0.211. The number of aromatic amines is 1. The Morgan fingerprint density at radius 1 is 1.17 bits per heavy atom. The summed E-state index contributed by atoms with van der Waals surface area (Å²) in [5, 5.41) is 3.49. The van der Waals surface area contributed by atoms with Gasteiger partial charge in [0, 0.05) is 25.7 Å². The summed E-state index contributed by atoms with van der Waals surface area (Å²) in [6, 6.07) is 11.1. The number of hydrogen-bond donors (Lipinski definition) is 2. The van der Waals surface area contributed by atoms with Gasteiger partial charge in [-0.3, -0.25) is 4.90 Å². The molecule has 23 heavy (non-hydrogen) atoms. The molecule has 0 radical (unpaired) electrons. The zero-order valence-corrected chi connectivity index (χ0v) is 12.9. The molecular formula is C17H20N6. The van der Waals surface area contributed by atoms with E-state index in [2.05, 4.69) is 60.5 Å². The highest BCUT2D eigenvalue weighted by Gasteiger charge is 2.20. The van der Waals surface area contributed by atoms with E-state index < -0.39 is 0 Å². The number of nitrogens with one attached hydrogen (secondary N) is 2. The standard InChI is InChI=1S/C17H20N6/c1-2-4-13(5-3-1)11-23-8-6-14(7-9-23)20-17-21-15-10-18-12-19-16(15)22-17/h1-5,10,12,14H,6-9,11H2,(H2,18,19,20,21,22). The van der Waals surface area contributed by atoms with E-state index in [1.54, 1.807) is 6.20 Å². The molecule has 0 saturated carbocycles. The van der Waals surface area contributed by atoms with Gasteiger partial charge in [-0.2, -0.15) is 4.98 Å². The SMILES string of the molecule is c1ccc(CN2CCC(Nc3nc4ncncc4[nH]3)CC2)cc1. The molecule has 0 bridgehead atoms. The summed E-state index contributed by atoms with van der Waals surface area (Å²) in [6.45, 7) is 3.24. The van der Waals surface area contributed by atoms with Crippen LogP contribution < -0.4 is 5.32 Å². The third kappa shape index (κ3) is 3.32. The van der Waals surface area contributed by atoms with Crippen LogP contribution in [0.1, 0.15) is 18.4 Å². The molecule has 6 heteroatoms. The lowest BCUT2D eigenvalue weighted by Crippen LogP contribution is -2.38. The van der Waals surface area contributed by atoms with Gasteiger partial charge >= 0.3 is 0 Å². The van der Waals surface area contributed by atoms with Crippen LogP contribution in [0.3, 0.4) is 0 Å². The highest BCUT2D eigenvalue weighted by Crippen LogP contribution is 2.18. The first-order valence-electron chi connectivity index (χ1n) is 8.05. The quantitative estimate of drug-likeness (QED) is 0.774. The fraction of sp³-hybridized carbons (Fsp3) is 0.353. The summed E-state index contributed by atoms with van der Waals surface area (Å²) < 4.78 is 0. The average molecular weight is 308 g/mol. The molecule has 118 valence electrons. The Bertz CT molecular complexity index is 728. The Hall–Kier alpha value is -2.47. The van der Waals surface area contributed by atoms with Crippen LogP contribution in [-0.2, 0) is 6.54 Å². The molecule has 3 heterocycles. The monoisotopic (exact) mass is 308 g/mol. The van der Waals surface area contributed by atoms with Crippen molar-refractivity contribution >= 4 is 17.1 Å². The van der Waals surface area contributed by atoms with Gasteiger partial charge in [0.15, 0.2) is 5.65 Å². The van der Waals surface area contributed by atoms with Crippen molar-refractivity contribution < 1.29 is 0 Å². The second-order valence-electron chi connectivity index (χ2n) is 6.03. The maximum atomic E-state index is 4.46.